The summed E-state index contributed by atoms with van der Waals surface area (Å²) >= 11 is 11.2. The largest absolute Gasteiger partial charge is 0.306 e. The van der Waals surface area contributed by atoms with Gasteiger partial charge in [0.15, 0.2) is 0 Å². The van der Waals surface area contributed by atoms with E-state index in [9.17, 15) is 0 Å². The summed E-state index contributed by atoms with van der Waals surface area (Å²) in [6.07, 6.45) is 0. The van der Waals surface area contributed by atoms with Gasteiger partial charge in [0.2, 0.25) is 0 Å². The molecule has 1 atom stereocenters. The van der Waals surface area contributed by atoms with Gasteiger partial charge >= 0.3 is 0 Å². The average molecular weight is 331 g/mol. The van der Waals surface area contributed by atoms with Crippen LogP contribution < -0.4 is 5.32 Å². The molecule has 1 aromatic heterocycles. The number of thiophene rings is 1. The van der Waals surface area contributed by atoms with E-state index >= 15 is 0 Å². The minimum Gasteiger partial charge on any atom is -0.306 e. The fraction of sp³-hybridized carbons (Fsp3) is 0.231. The highest BCUT2D eigenvalue weighted by molar-refractivity contribution is 9.10. The van der Waals surface area contributed by atoms with Gasteiger partial charge in [0, 0.05) is 9.35 Å². The molecule has 2 rings (SSSR count). The molecule has 17 heavy (non-hydrogen) atoms. The van der Waals surface area contributed by atoms with Gasteiger partial charge in [-0.1, -0.05) is 52.7 Å². The zero-order chi connectivity index (χ0) is 12.3. The molecule has 0 radical (unpaired) electrons. The van der Waals surface area contributed by atoms with Crippen molar-refractivity contribution in [3.8, 4) is 0 Å². The van der Waals surface area contributed by atoms with Gasteiger partial charge in [-0.05, 0) is 30.3 Å². The van der Waals surface area contributed by atoms with Gasteiger partial charge in [0.05, 0.1) is 10.4 Å². The van der Waals surface area contributed by atoms with Crippen molar-refractivity contribution < 1.29 is 0 Å². The van der Waals surface area contributed by atoms with Crippen LogP contribution in [0.25, 0.3) is 0 Å². The predicted octanol–water partition coefficient (Wildman–Crippen LogP) is 4.86. The lowest BCUT2D eigenvalue weighted by molar-refractivity contribution is 0.637. The maximum Gasteiger partial charge on any atom is 0.0931 e. The Labute approximate surface area is 119 Å². The number of benzene rings is 1. The molecule has 0 saturated heterocycles. The topological polar surface area (TPSA) is 12.0 Å². The van der Waals surface area contributed by atoms with E-state index in [-0.39, 0.29) is 6.04 Å². The van der Waals surface area contributed by atoms with Crippen LogP contribution in [0.5, 0.6) is 0 Å². The van der Waals surface area contributed by atoms with Crippen LogP contribution in [0.4, 0.5) is 0 Å². The van der Waals surface area contributed by atoms with Gasteiger partial charge in [-0.15, -0.1) is 11.3 Å². The molecular weight excluding hydrogens is 318 g/mol. The Bertz CT molecular complexity index is 498. The van der Waals surface area contributed by atoms with E-state index in [0.29, 0.717) is 0 Å². The van der Waals surface area contributed by atoms with Crippen molar-refractivity contribution >= 4 is 38.9 Å². The van der Waals surface area contributed by atoms with Crippen LogP contribution in [0.1, 0.15) is 23.4 Å². The van der Waals surface area contributed by atoms with E-state index < -0.39 is 0 Å². The van der Waals surface area contributed by atoms with E-state index in [0.717, 1.165) is 15.4 Å². The van der Waals surface area contributed by atoms with Crippen LogP contribution in [0.15, 0.2) is 40.9 Å². The smallest absolute Gasteiger partial charge is 0.0931 e. The fourth-order valence-electron chi connectivity index (χ4n) is 1.76. The van der Waals surface area contributed by atoms with Crippen molar-refractivity contribution in [1.29, 1.82) is 0 Å². The molecule has 0 aliphatic rings. The van der Waals surface area contributed by atoms with Crippen LogP contribution >= 0.6 is 38.9 Å². The number of hydrogen-bond acceptors (Lipinski definition) is 2. The average Bonchev–Trinajstić information content (AvgIpc) is 2.74. The van der Waals surface area contributed by atoms with Crippen LogP contribution in [-0.2, 0) is 0 Å². The molecule has 0 saturated carbocycles. The van der Waals surface area contributed by atoms with Crippen molar-refractivity contribution in [2.75, 3.05) is 6.54 Å². The minimum absolute atomic E-state index is 0.202. The number of halogens is 2. The first-order valence-electron chi connectivity index (χ1n) is 5.45. The van der Waals surface area contributed by atoms with E-state index in [1.54, 1.807) is 11.3 Å². The summed E-state index contributed by atoms with van der Waals surface area (Å²) < 4.78 is 1.95. The second-order valence-corrected chi connectivity index (χ2v) is 6.26. The Morgan fingerprint density at radius 1 is 1.29 bits per heavy atom. The molecule has 0 spiro atoms. The summed E-state index contributed by atoms with van der Waals surface area (Å²) in [5.74, 6) is 0. The third-order valence-corrected chi connectivity index (χ3v) is 4.52. The van der Waals surface area contributed by atoms with E-state index in [1.807, 2.05) is 12.1 Å². The van der Waals surface area contributed by atoms with Gasteiger partial charge in [0.25, 0.3) is 0 Å². The third-order valence-electron chi connectivity index (χ3n) is 2.50. The molecule has 1 nitrogen and oxygen atoms in total. The zero-order valence-corrected chi connectivity index (χ0v) is 12.6. The van der Waals surface area contributed by atoms with E-state index in [4.69, 9.17) is 11.6 Å². The van der Waals surface area contributed by atoms with Gasteiger partial charge in [-0.2, -0.15) is 0 Å². The SMILES string of the molecule is CCNC(c1ccc(Cl)s1)c1ccccc1Br. The van der Waals surface area contributed by atoms with Crippen LogP contribution in [-0.4, -0.2) is 6.54 Å². The quantitative estimate of drug-likeness (QED) is 0.844. The predicted molar refractivity (Wildman–Crippen MR) is 79.0 cm³/mol. The summed E-state index contributed by atoms with van der Waals surface area (Å²) in [6, 6.07) is 12.5. The summed E-state index contributed by atoms with van der Waals surface area (Å²) in [4.78, 5) is 1.24. The van der Waals surface area contributed by atoms with Crippen LogP contribution in [0.2, 0.25) is 4.34 Å². The Morgan fingerprint density at radius 3 is 2.65 bits per heavy atom. The fourth-order valence-corrected chi connectivity index (χ4v) is 3.43. The van der Waals surface area contributed by atoms with E-state index in [2.05, 4.69) is 52.4 Å². The van der Waals surface area contributed by atoms with Gasteiger partial charge in [-0.3, -0.25) is 0 Å². The Morgan fingerprint density at radius 2 is 2.06 bits per heavy atom. The molecule has 1 N–H and O–H groups in total. The molecule has 0 aliphatic heterocycles. The molecule has 0 fully saturated rings. The van der Waals surface area contributed by atoms with Crippen molar-refractivity contribution in [2.45, 2.75) is 13.0 Å². The number of rotatable bonds is 4. The van der Waals surface area contributed by atoms with Crippen molar-refractivity contribution in [1.82, 2.24) is 5.32 Å². The van der Waals surface area contributed by atoms with Gasteiger partial charge in [0.1, 0.15) is 0 Å². The van der Waals surface area contributed by atoms with Gasteiger partial charge in [-0.25, -0.2) is 0 Å². The Hall–Kier alpha value is -0.350. The standard InChI is InChI=1S/C13H13BrClNS/c1-2-16-13(11-7-8-12(15)17-11)9-5-3-4-6-10(9)14/h3-8,13,16H,2H2,1H3. The Balaban J connectivity index is 2.39. The molecule has 1 aromatic carbocycles. The second-order valence-electron chi connectivity index (χ2n) is 3.65. The summed E-state index contributed by atoms with van der Waals surface area (Å²) in [5, 5.41) is 3.49. The van der Waals surface area contributed by atoms with Crippen LogP contribution in [0, 0.1) is 0 Å². The lowest BCUT2D eigenvalue weighted by Crippen LogP contribution is -2.21. The molecule has 1 heterocycles. The van der Waals surface area contributed by atoms with E-state index in [1.165, 1.54) is 10.4 Å². The highest BCUT2D eigenvalue weighted by atomic mass is 79.9. The number of nitrogens with one attached hydrogen (secondary N) is 1. The summed E-state index contributed by atoms with van der Waals surface area (Å²) in [7, 11) is 0. The third kappa shape index (κ3) is 3.10. The highest BCUT2D eigenvalue weighted by Crippen LogP contribution is 2.34. The molecule has 0 bridgehead atoms. The lowest BCUT2D eigenvalue weighted by atomic mass is 10.1. The Kier molecular flexibility index (Phi) is 4.62. The van der Waals surface area contributed by atoms with Crippen molar-refractivity contribution in [3.05, 3.63) is 55.6 Å². The molecule has 2 aromatic rings. The molecule has 1 unspecified atom stereocenters. The first-order chi connectivity index (χ1) is 8.22. The normalized spacial score (nSPS) is 12.6. The maximum absolute atomic E-state index is 6.01. The zero-order valence-electron chi connectivity index (χ0n) is 9.41. The summed E-state index contributed by atoms with van der Waals surface area (Å²) in [6.45, 7) is 3.03. The highest BCUT2D eigenvalue weighted by Gasteiger charge is 2.17. The van der Waals surface area contributed by atoms with Crippen molar-refractivity contribution in [2.24, 2.45) is 0 Å². The van der Waals surface area contributed by atoms with Crippen LogP contribution in [0.3, 0.4) is 0 Å². The molecular formula is C13H13BrClNS. The molecule has 0 amide bonds. The molecule has 90 valence electrons. The number of hydrogen-bond donors (Lipinski definition) is 1. The second kappa shape index (κ2) is 6.01. The first-order valence-corrected chi connectivity index (χ1v) is 7.44. The summed E-state index contributed by atoms with van der Waals surface area (Å²) in [5.41, 5.74) is 1.24. The molecule has 0 aliphatic carbocycles. The van der Waals surface area contributed by atoms with Gasteiger partial charge < -0.3 is 5.32 Å². The molecule has 4 heteroatoms. The maximum atomic E-state index is 6.01. The minimum atomic E-state index is 0.202. The van der Waals surface area contributed by atoms with Crippen molar-refractivity contribution in [3.63, 3.8) is 0 Å². The lowest BCUT2D eigenvalue weighted by Gasteiger charge is -2.18. The monoisotopic (exact) mass is 329 g/mol. The first kappa shape index (κ1) is 13.1.